The number of hydrogen-bond acceptors (Lipinski definition) is 4. The molecule has 0 spiro atoms. The number of carbonyl (C=O) groups excluding carboxylic acids is 1. The van der Waals surface area contributed by atoms with Crippen LogP contribution < -0.4 is 5.32 Å². The average Bonchev–Trinajstić information content (AvgIpc) is 2.84. The summed E-state index contributed by atoms with van der Waals surface area (Å²) < 4.78 is 4.60. The van der Waals surface area contributed by atoms with Crippen LogP contribution in [0.5, 0.6) is 0 Å². The van der Waals surface area contributed by atoms with E-state index in [0.717, 1.165) is 5.69 Å². The summed E-state index contributed by atoms with van der Waals surface area (Å²) in [4.78, 5) is 25.3. The minimum atomic E-state index is -0.784. The number of rotatable bonds is 8. The predicted molar refractivity (Wildman–Crippen MR) is 74.4 cm³/mol. The molecule has 3 N–H and O–H groups in total. The van der Waals surface area contributed by atoms with E-state index in [2.05, 4.69) is 15.0 Å². The van der Waals surface area contributed by atoms with E-state index in [0.29, 0.717) is 31.1 Å². The molecule has 0 amide bonds. The molecular weight excluding hydrogens is 260 g/mol. The van der Waals surface area contributed by atoms with E-state index in [9.17, 15) is 9.59 Å². The van der Waals surface area contributed by atoms with Crippen LogP contribution >= 0.6 is 0 Å². The Morgan fingerprint density at radius 2 is 2.10 bits per heavy atom. The molecule has 0 aromatic carbocycles. The summed E-state index contributed by atoms with van der Waals surface area (Å²) >= 11 is 0. The molecule has 0 aliphatic rings. The van der Waals surface area contributed by atoms with Gasteiger partial charge in [0.05, 0.1) is 13.0 Å². The quantitative estimate of drug-likeness (QED) is 0.630. The molecule has 0 aliphatic carbocycles. The molecule has 1 aromatic heterocycles. The van der Waals surface area contributed by atoms with Crippen molar-refractivity contribution in [2.75, 3.05) is 13.7 Å². The molecule has 6 nitrogen and oxygen atoms in total. The van der Waals surface area contributed by atoms with E-state index in [-0.39, 0.29) is 0 Å². The summed E-state index contributed by atoms with van der Waals surface area (Å²) in [5, 5.41) is 12.2. The van der Waals surface area contributed by atoms with Crippen LogP contribution in [0.2, 0.25) is 0 Å². The van der Waals surface area contributed by atoms with Gasteiger partial charge in [-0.15, -0.1) is 0 Å². The van der Waals surface area contributed by atoms with Crippen LogP contribution in [0.15, 0.2) is 12.1 Å². The molecule has 1 rings (SSSR count). The van der Waals surface area contributed by atoms with Gasteiger partial charge in [-0.1, -0.05) is 13.8 Å². The van der Waals surface area contributed by atoms with Crippen LogP contribution in [0.3, 0.4) is 0 Å². The lowest BCUT2D eigenvalue weighted by Gasteiger charge is -2.15. The highest BCUT2D eigenvalue weighted by Gasteiger charge is 2.18. The van der Waals surface area contributed by atoms with Gasteiger partial charge in [0.25, 0.3) is 0 Å². The third-order valence-corrected chi connectivity index (χ3v) is 2.96. The molecule has 0 radical (unpaired) electrons. The molecule has 112 valence electrons. The second kappa shape index (κ2) is 7.69. The molecule has 1 unspecified atom stereocenters. The number of nitrogens with one attached hydrogen (secondary N) is 2. The van der Waals surface area contributed by atoms with Crippen molar-refractivity contribution < 1.29 is 19.4 Å². The lowest BCUT2D eigenvalue weighted by Crippen LogP contribution is -2.29. The van der Waals surface area contributed by atoms with E-state index < -0.39 is 17.9 Å². The second-order valence-corrected chi connectivity index (χ2v) is 5.18. The van der Waals surface area contributed by atoms with E-state index in [1.165, 1.54) is 7.11 Å². The summed E-state index contributed by atoms with van der Waals surface area (Å²) in [5.41, 5.74) is 1.21. The summed E-state index contributed by atoms with van der Waals surface area (Å²) in [5.74, 6) is -1.26. The molecular formula is C14H22N2O4. The molecule has 1 aromatic rings. The van der Waals surface area contributed by atoms with Crippen molar-refractivity contribution in [1.82, 2.24) is 10.3 Å². The largest absolute Gasteiger partial charge is 0.481 e. The van der Waals surface area contributed by atoms with Gasteiger partial charge in [0.2, 0.25) is 0 Å². The Labute approximate surface area is 118 Å². The maximum Gasteiger partial charge on any atom is 0.354 e. The van der Waals surface area contributed by atoms with Gasteiger partial charge in [-0.2, -0.15) is 0 Å². The zero-order valence-electron chi connectivity index (χ0n) is 12.1. The topological polar surface area (TPSA) is 91.4 Å². The molecule has 0 aliphatic heterocycles. The van der Waals surface area contributed by atoms with Crippen LogP contribution in [0.25, 0.3) is 0 Å². The van der Waals surface area contributed by atoms with Crippen LogP contribution in [-0.2, 0) is 16.1 Å². The SMILES string of the molecule is COC(=O)c1ccc(CNCC(CC(C)C)C(=O)O)[nH]1. The van der Waals surface area contributed by atoms with E-state index in [1.807, 2.05) is 13.8 Å². The Bertz CT molecular complexity index is 454. The summed E-state index contributed by atoms with van der Waals surface area (Å²) in [6, 6.07) is 3.42. The molecule has 0 bridgehead atoms. The fraction of sp³-hybridized carbons (Fsp3) is 0.571. The minimum Gasteiger partial charge on any atom is -0.481 e. The van der Waals surface area contributed by atoms with Crippen molar-refractivity contribution in [3.05, 3.63) is 23.5 Å². The van der Waals surface area contributed by atoms with Gasteiger partial charge >= 0.3 is 11.9 Å². The Hall–Kier alpha value is -1.82. The van der Waals surface area contributed by atoms with Gasteiger partial charge < -0.3 is 20.1 Å². The Morgan fingerprint density at radius 3 is 2.65 bits per heavy atom. The number of aromatic nitrogens is 1. The minimum absolute atomic E-state index is 0.342. The lowest BCUT2D eigenvalue weighted by atomic mass is 9.97. The van der Waals surface area contributed by atoms with Crippen LogP contribution in [0.1, 0.15) is 36.5 Å². The molecule has 0 saturated carbocycles. The molecule has 20 heavy (non-hydrogen) atoms. The summed E-state index contributed by atoms with van der Waals surface area (Å²) in [7, 11) is 1.32. The van der Waals surface area contributed by atoms with Gasteiger partial charge in [-0.3, -0.25) is 4.79 Å². The number of carbonyl (C=O) groups is 2. The normalized spacial score (nSPS) is 12.4. The maximum atomic E-state index is 11.3. The van der Waals surface area contributed by atoms with Crippen LogP contribution in [-0.4, -0.2) is 35.7 Å². The predicted octanol–water partition coefficient (Wildman–Crippen LogP) is 1.64. The summed E-state index contributed by atoms with van der Waals surface area (Å²) in [6.07, 6.45) is 0.639. The number of ether oxygens (including phenoxy) is 1. The zero-order valence-corrected chi connectivity index (χ0v) is 12.1. The van der Waals surface area contributed by atoms with Crippen LogP contribution in [0.4, 0.5) is 0 Å². The number of methoxy groups -OCH3 is 1. The number of aliphatic carboxylic acids is 1. The maximum absolute atomic E-state index is 11.3. The first-order chi connectivity index (χ1) is 9.43. The van der Waals surface area contributed by atoms with Gasteiger partial charge in [-0.05, 0) is 24.5 Å². The van der Waals surface area contributed by atoms with Crippen molar-refractivity contribution in [1.29, 1.82) is 0 Å². The summed E-state index contributed by atoms with van der Waals surface area (Å²) in [6.45, 7) is 4.89. The van der Waals surface area contributed by atoms with Crippen molar-refractivity contribution in [3.8, 4) is 0 Å². The first-order valence-electron chi connectivity index (χ1n) is 6.63. The average molecular weight is 282 g/mol. The Kier molecular flexibility index (Phi) is 6.24. The molecule has 6 heteroatoms. The van der Waals surface area contributed by atoms with Gasteiger partial charge in [0.15, 0.2) is 0 Å². The lowest BCUT2D eigenvalue weighted by molar-refractivity contribution is -0.142. The smallest absolute Gasteiger partial charge is 0.354 e. The van der Waals surface area contributed by atoms with Crippen molar-refractivity contribution >= 4 is 11.9 Å². The Balaban J connectivity index is 2.44. The fourth-order valence-corrected chi connectivity index (χ4v) is 1.99. The number of carboxylic acids is 1. The zero-order chi connectivity index (χ0) is 15.1. The van der Waals surface area contributed by atoms with Crippen LogP contribution in [0, 0.1) is 11.8 Å². The monoisotopic (exact) mass is 282 g/mol. The number of carboxylic acid groups (broad SMARTS) is 1. The third-order valence-electron chi connectivity index (χ3n) is 2.96. The van der Waals surface area contributed by atoms with Crippen molar-refractivity contribution in [2.24, 2.45) is 11.8 Å². The highest BCUT2D eigenvalue weighted by molar-refractivity contribution is 5.87. The number of H-pyrrole nitrogens is 1. The van der Waals surface area contributed by atoms with E-state index in [4.69, 9.17) is 5.11 Å². The molecule has 1 heterocycles. The fourth-order valence-electron chi connectivity index (χ4n) is 1.99. The first-order valence-corrected chi connectivity index (χ1v) is 6.63. The van der Waals surface area contributed by atoms with Gasteiger partial charge in [-0.25, -0.2) is 4.79 Å². The number of esters is 1. The highest BCUT2D eigenvalue weighted by atomic mass is 16.5. The third kappa shape index (κ3) is 5.05. The van der Waals surface area contributed by atoms with Gasteiger partial charge in [0.1, 0.15) is 5.69 Å². The molecule has 1 atom stereocenters. The van der Waals surface area contributed by atoms with E-state index in [1.54, 1.807) is 12.1 Å². The van der Waals surface area contributed by atoms with Gasteiger partial charge in [0, 0.05) is 18.8 Å². The standard InChI is InChI=1S/C14H22N2O4/c1-9(2)6-10(13(17)18)7-15-8-11-4-5-12(16-11)14(19)20-3/h4-5,9-10,15-16H,6-8H2,1-3H3,(H,17,18). The second-order valence-electron chi connectivity index (χ2n) is 5.18. The number of hydrogen-bond donors (Lipinski definition) is 3. The number of aromatic amines is 1. The molecule has 0 fully saturated rings. The van der Waals surface area contributed by atoms with Crippen molar-refractivity contribution in [3.63, 3.8) is 0 Å². The highest BCUT2D eigenvalue weighted by Crippen LogP contribution is 2.11. The Morgan fingerprint density at radius 1 is 1.40 bits per heavy atom. The van der Waals surface area contributed by atoms with E-state index >= 15 is 0 Å². The first kappa shape index (κ1) is 16.2. The molecule has 0 saturated heterocycles. The van der Waals surface area contributed by atoms with Crippen molar-refractivity contribution in [2.45, 2.75) is 26.8 Å².